The third-order valence-corrected chi connectivity index (χ3v) is 4.39. The van der Waals surface area contributed by atoms with Crippen LogP contribution in [0.3, 0.4) is 0 Å². The SMILES string of the molecule is O=c1ccc(C2CCS(=O)(=O)CC2)n[nH]1. The Morgan fingerprint density at radius 2 is 1.93 bits per heavy atom. The van der Waals surface area contributed by atoms with Crippen molar-refractivity contribution in [1.82, 2.24) is 10.2 Å². The standard InChI is InChI=1S/C9H12N2O3S/c12-9-2-1-8(10-11-9)7-3-5-15(13,14)6-4-7/h1-2,7H,3-6H2,(H,11,12). The molecular formula is C9H12N2O3S. The van der Waals surface area contributed by atoms with Gasteiger partial charge < -0.3 is 0 Å². The van der Waals surface area contributed by atoms with Crippen molar-refractivity contribution >= 4 is 9.84 Å². The Balaban J connectivity index is 2.14. The Morgan fingerprint density at radius 3 is 2.47 bits per heavy atom. The van der Waals surface area contributed by atoms with Crippen molar-refractivity contribution in [3.05, 3.63) is 28.2 Å². The molecule has 15 heavy (non-hydrogen) atoms. The molecule has 1 aromatic heterocycles. The molecule has 0 atom stereocenters. The summed E-state index contributed by atoms with van der Waals surface area (Å²) in [6.07, 6.45) is 1.20. The van der Waals surface area contributed by atoms with Gasteiger partial charge in [0.05, 0.1) is 17.2 Å². The number of hydrogen-bond acceptors (Lipinski definition) is 4. The van der Waals surface area contributed by atoms with Gasteiger partial charge in [-0.2, -0.15) is 5.10 Å². The fourth-order valence-corrected chi connectivity index (χ4v) is 3.26. The van der Waals surface area contributed by atoms with E-state index in [0.717, 1.165) is 5.69 Å². The Kier molecular flexibility index (Phi) is 2.60. The summed E-state index contributed by atoms with van der Waals surface area (Å²) in [5.74, 6) is 0.599. The maximum atomic E-state index is 11.2. The Bertz CT molecular complexity index is 472. The summed E-state index contributed by atoms with van der Waals surface area (Å²) >= 11 is 0. The lowest BCUT2D eigenvalue weighted by Crippen LogP contribution is -2.23. The molecule has 0 saturated carbocycles. The van der Waals surface area contributed by atoms with Gasteiger partial charge >= 0.3 is 0 Å². The second-order valence-electron chi connectivity index (χ2n) is 3.77. The number of nitrogens with one attached hydrogen (secondary N) is 1. The van der Waals surface area contributed by atoms with Crippen molar-refractivity contribution in [2.75, 3.05) is 11.5 Å². The summed E-state index contributed by atoms with van der Waals surface area (Å²) in [6.45, 7) is 0. The van der Waals surface area contributed by atoms with E-state index in [-0.39, 0.29) is 23.0 Å². The number of sulfone groups is 1. The van der Waals surface area contributed by atoms with Crippen LogP contribution in [-0.2, 0) is 9.84 Å². The lowest BCUT2D eigenvalue weighted by Gasteiger charge is -2.20. The van der Waals surface area contributed by atoms with Crippen LogP contribution >= 0.6 is 0 Å². The van der Waals surface area contributed by atoms with E-state index in [0.29, 0.717) is 12.8 Å². The molecule has 0 spiro atoms. The van der Waals surface area contributed by atoms with Gasteiger partial charge in [-0.25, -0.2) is 13.5 Å². The van der Waals surface area contributed by atoms with E-state index in [1.807, 2.05) is 0 Å². The number of aromatic amines is 1. The summed E-state index contributed by atoms with van der Waals surface area (Å²) in [7, 11) is -2.83. The molecule has 1 fully saturated rings. The van der Waals surface area contributed by atoms with Crippen LogP contribution in [-0.4, -0.2) is 30.1 Å². The maximum absolute atomic E-state index is 11.2. The van der Waals surface area contributed by atoms with Crippen molar-refractivity contribution in [1.29, 1.82) is 0 Å². The van der Waals surface area contributed by atoms with Crippen LogP contribution < -0.4 is 5.56 Å². The van der Waals surface area contributed by atoms with E-state index < -0.39 is 9.84 Å². The van der Waals surface area contributed by atoms with Crippen LogP contribution in [0.4, 0.5) is 0 Å². The summed E-state index contributed by atoms with van der Waals surface area (Å²) in [4.78, 5) is 10.8. The van der Waals surface area contributed by atoms with Gasteiger partial charge in [0.2, 0.25) is 0 Å². The second kappa shape index (κ2) is 3.77. The van der Waals surface area contributed by atoms with Crippen LogP contribution in [0.5, 0.6) is 0 Å². The zero-order chi connectivity index (χ0) is 10.9. The van der Waals surface area contributed by atoms with E-state index in [4.69, 9.17) is 0 Å². The first-order valence-corrected chi connectivity index (χ1v) is 6.65. The molecule has 0 aromatic carbocycles. The van der Waals surface area contributed by atoms with Gasteiger partial charge in [0, 0.05) is 12.0 Å². The van der Waals surface area contributed by atoms with Gasteiger partial charge in [0.15, 0.2) is 0 Å². The topological polar surface area (TPSA) is 79.9 Å². The molecule has 0 unspecified atom stereocenters. The van der Waals surface area contributed by atoms with E-state index in [1.165, 1.54) is 6.07 Å². The third-order valence-electron chi connectivity index (χ3n) is 2.67. The molecule has 0 amide bonds. The maximum Gasteiger partial charge on any atom is 0.264 e. The number of hydrogen-bond donors (Lipinski definition) is 1. The largest absolute Gasteiger partial charge is 0.268 e. The molecule has 1 aromatic rings. The number of rotatable bonds is 1. The minimum absolute atomic E-state index is 0.158. The van der Waals surface area contributed by atoms with Crippen LogP contribution in [0, 0.1) is 0 Å². The van der Waals surface area contributed by atoms with E-state index in [2.05, 4.69) is 10.2 Å². The minimum atomic E-state index is -2.83. The zero-order valence-corrected chi connectivity index (χ0v) is 8.96. The lowest BCUT2D eigenvalue weighted by atomic mass is 9.99. The van der Waals surface area contributed by atoms with Crippen LogP contribution in [0.2, 0.25) is 0 Å². The molecule has 2 rings (SSSR count). The molecule has 1 saturated heterocycles. The molecule has 1 N–H and O–H groups in total. The van der Waals surface area contributed by atoms with Crippen molar-refractivity contribution in [3.63, 3.8) is 0 Å². The quantitative estimate of drug-likeness (QED) is 0.737. The fourth-order valence-electron chi connectivity index (χ4n) is 1.77. The molecule has 0 radical (unpaired) electrons. The van der Waals surface area contributed by atoms with E-state index in [1.54, 1.807) is 6.07 Å². The molecule has 5 nitrogen and oxygen atoms in total. The highest BCUT2D eigenvalue weighted by Crippen LogP contribution is 2.26. The van der Waals surface area contributed by atoms with Gasteiger partial charge in [-0.15, -0.1) is 0 Å². The lowest BCUT2D eigenvalue weighted by molar-refractivity contribution is 0.541. The summed E-state index contributed by atoms with van der Waals surface area (Å²) < 4.78 is 22.4. The molecule has 0 bridgehead atoms. The minimum Gasteiger partial charge on any atom is -0.268 e. The van der Waals surface area contributed by atoms with Crippen LogP contribution in [0.1, 0.15) is 24.5 Å². The van der Waals surface area contributed by atoms with Crippen LogP contribution in [0.15, 0.2) is 16.9 Å². The van der Waals surface area contributed by atoms with Gasteiger partial charge in [0.25, 0.3) is 5.56 Å². The predicted molar refractivity (Wildman–Crippen MR) is 55.5 cm³/mol. The monoisotopic (exact) mass is 228 g/mol. The molecule has 1 aliphatic heterocycles. The van der Waals surface area contributed by atoms with Crippen molar-refractivity contribution in [3.8, 4) is 0 Å². The number of H-pyrrole nitrogens is 1. The molecule has 6 heteroatoms. The summed E-state index contributed by atoms with van der Waals surface area (Å²) in [5, 5.41) is 6.28. The second-order valence-corrected chi connectivity index (χ2v) is 6.08. The number of aromatic nitrogens is 2. The molecule has 1 aliphatic rings. The Labute approximate surface area is 87.4 Å². The average Bonchev–Trinajstić information content (AvgIpc) is 2.20. The first kappa shape index (κ1) is 10.4. The van der Waals surface area contributed by atoms with Crippen LogP contribution in [0.25, 0.3) is 0 Å². The Hall–Kier alpha value is -1.17. The number of nitrogens with zero attached hydrogens (tertiary/aromatic N) is 1. The highest BCUT2D eigenvalue weighted by Gasteiger charge is 2.25. The van der Waals surface area contributed by atoms with Gasteiger partial charge in [-0.05, 0) is 18.9 Å². The van der Waals surface area contributed by atoms with E-state index >= 15 is 0 Å². The first-order chi connectivity index (χ1) is 7.07. The van der Waals surface area contributed by atoms with Gasteiger partial charge in [-0.3, -0.25) is 4.79 Å². The molecule has 82 valence electrons. The zero-order valence-electron chi connectivity index (χ0n) is 8.14. The van der Waals surface area contributed by atoms with Crippen molar-refractivity contribution in [2.45, 2.75) is 18.8 Å². The van der Waals surface area contributed by atoms with Crippen molar-refractivity contribution < 1.29 is 8.42 Å². The van der Waals surface area contributed by atoms with Gasteiger partial charge in [-0.1, -0.05) is 0 Å². The van der Waals surface area contributed by atoms with Crippen molar-refractivity contribution in [2.24, 2.45) is 0 Å². The highest BCUT2D eigenvalue weighted by atomic mass is 32.2. The van der Waals surface area contributed by atoms with E-state index in [9.17, 15) is 13.2 Å². The predicted octanol–water partition coefficient (Wildman–Crippen LogP) is 0.0621. The highest BCUT2D eigenvalue weighted by molar-refractivity contribution is 7.91. The normalized spacial score (nSPS) is 21.3. The first-order valence-electron chi connectivity index (χ1n) is 4.83. The smallest absolute Gasteiger partial charge is 0.264 e. The average molecular weight is 228 g/mol. The molecule has 2 heterocycles. The van der Waals surface area contributed by atoms with Gasteiger partial charge in [0.1, 0.15) is 9.84 Å². The summed E-state index contributed by atoms with van der Waals surface area (Å²) in [5.41, 5.74) is 0.548. The Morgan fingerprint density at radius 1 is 1.27 bits per heavy atom. The fraction of sp³-hybridized carbons (Fsp3) is 0.556. The molecular weight excluding hydrogens is 216 g/mol. The summed E-state index contributed by atoms with van der Waals surface area (Å²) in [6, 6.07) is 3.09. The third kappa shape index (κ3) is 2.44. The molecule has 0 aliphatic carbocycles.